The van der Waals surface area contributed by atoms with Gasteiger partial charge in [0.2, 0.25) is 15.9 Å². The topological polar surface area (TPSA) is 80.5 Å². The van der Waals surface area contributed by atoms with Crippen LogP contribution in [-0.2, 0) is 20.6 Å². The predicted octanol–water partition coefficient (Wildman–Crippen LogP) is 1.09. The van der Waals surface area contributed by atoms with Gasteiger partial charge in [-0.25, -0.2) is 8.42 Å². The van der Waals surface area contributed by atoms with Gasteiger partial charge >= 0.3 is 0 Å². The molecule has 0 atom stereocenters. The first-order valence-corrected chi connectivity index (χ1v) is 7.76. The first-order chi connectivity index (χ1) is 8.35. The highest BCUT2D eigenvalue weighted by Gasteiger charge is 2.22. The number of benzene rings is 1. The van der Waals surface area contributed by atoms with Crippen molar-refractivity contribution >= 4 is 31.9 Å². The average Bonchev–Trinajstić information content (AvgIpc) is 2.24. The van der Waals surface area contributed by atoms with Gasteiger partial charge in [-0.3, -0.25) is 4.79 Å². The number of sulfonamides is 1. The quantitative estimate of drug-likeness (QED) is 0.845. The molecule has 1 amide bonds. The van der Waals surface area contributed by atoms with Gasteiger partial charge in [-0.2, -0.15) is 4.31 Å². The first-order valence-electron chi connectivity index (χ1n) is 5.35. The lowest BCUT2D eigenvalue weighted by Crippen LogP contribution is -2.38. The van der Waals surface area contributed by atoms with Crippen molar-refractivity contribution < 1.29 is 13.2 Å². The van der Waals surface area contributed by atoms with Crippen LogP contribution in [0.3, 0.4) is 0 Å². The highest BCUT2D eigenvalue weighted by atomic mass is 79.9. The van der Waals surface area contributed by atoms with E-state index in [1.165, 1.54) is 0 Å². The minimum Gasteiger partial charge on any atom is -0.369 e. The zero-order valence-electron chi connectivity index (χ0n) is 9.97. The van der Waals surface area contributed by atoms with E-state index in [1.54, 1.807) is 25.1 Å². The van der Waals surface area contributed by atoms with Gasteiger partial charge in [-0.05, 0) is 17.7 Å². The number of halogens is 1. The summed E-state index contributed by atoms with van der Waals surface area (Å²) in [7, 11) is -3.53. The monoisotopic (exact) mass is 334 g/mol. The number of carbonyl (C=O) groups excluding carboxylic acids is 1. The third-order valence-electron chi connectivity index (χ3n) is 2.32. The molecule has 0 heterocycles. The molecule has 0 spiro atoms. The van der Waals surface area contributed by atoms with Gasteiger partial charge in [-0.1, -0.05) is 35.0 Å². The number of nitrogens with zero attached hydrogens (tertiary/aromatic N) is 1. The van der Waals surface area contributed by atoms with Gasteiger partial charge in [0, 0.05) is 11.0 Å². The van der Waals surface area contributed by atoms with E-state index in [4.69, 9.17) is 5.73 Å². The first kappa shape index (κ1) is 15.1. The van der Waals surface area contributed by atoms with E-state index < -0.39 is 15.9 Å². The Morgan fingerprint density at radius 2 is 2.11 bits per heavy atom. The Bertz CT molecular complexity index is 531. The highest BCUT2D eigenvalue weighted by molar-refractivity contribution is 9.10. The zero-order chi connectivity index (χ0) is 13.8. The Morgan fingerprint density at radius 3 is 2.61 bits per heavy atom. The lowest BCUT2D eigenvalue weighted by molar-refractivity contribution is -0.118. The Hall–Kier alpha value is -0.920. The summed E-state index contributed by atoms with van der Waals surface area (Å²) >= 11 is 3.28. The van der Waals surface area contributed by atoms with Crippen LogP contribution in [0.25, 0.3) is 0 Å². The van der Waals surface area contributed by atoms with Crippen LogP contribution in [0.4, 0.5) is 0 Å². The van der Waals surface area contributed by atoms with E-state index >= 15 is 0 Å². The molecular weight excluding hydrogens is 320 g/mol. The fraction of sp³-hybridized carbons (Fsp3) is 0.364. The molecule has 0 aliphatic heterocycles. The third kappa shape index (κ3) is 4.40. The predicted molar refractivity (Wildman–Crippen MR) is 73.2 cm³/mol. The normalized spacial score (nSPS) is 11.7. The maximum absolute atomic E-state index is 12.1. The second-order valence-electron chi connectivity index (χ2n) is 3.78. The van der Waals surface area contributed by atoms with E-state index in [-0.39, 0.29) is 18.8 Å². The number of hydrogen-bond acceptors (Lipinski definition) is 3. The van der Waals surface area contributed by atoms with Crippen molar-refractivity contribution in [2.45, 2.75) is 12.7 Å². The second kappa shape index (κ2) is 6.31. The van der Waals surface area contributed by atoms with Crippen molar-refractivity contribution in [3.8, 4) is 0 Å². The molecule has 100 valence electrons. The van der Waals surface area contributed by atoms with Gasteiger partial charge < -0.3 is 5.73 Å². The zero-order valence-corrected chi connectivity index (χ0v) is 12.4. The van der Waals surface area contributed by atoms with Crippen molar-refractivity contribution in [2.24, 2.45) is 5.73 Å². The Kier molecular flexibility index (Phi) is 5.30. The Morgan fingerprint density at radius 1 is 1.44 bits per heavy atom. The molecule has 0 aliphatic rings. The van der Waals surface area contributed by atoms with E-state index in [9.17, 15) is 13.2 Å². The highest BCUT2D eigenvalue weighted by Crippen LogP contribution is 2.15. The molecule has 0 aromatic heterocycles. The summed E-state index contributed by atoms with van der Waals surface area (Å²) in [4.78, 5) is 10.8. The summed E-state index contributed by atoms with van der Waals surface area (Å²) in [5, 5.41) is 0. The number of primary amides is 1. The molecule has 1 aromatic carbocycles. The van der Waals surface area contributed by atoms with Crippen molar-refractivity contribution in [1.29, 1.82) is 0 Å². The van der Waals surface area contributed by atoms with E-state index in [0.29, 0.717) is 5.56 Å². The fourth-order valence-corrected chi connectivity index (χ4v) is 3.46. The van der Waals surface area contributed by atoms with Crippen LogP contribution < -0.4 is 5.73 Å². The summed E-state index contributed by atoms with van der Waals surface area (Å²) in [6, 6.07) is 7.03. The molecule has 2 N–H and O–H groups in total. The van der Waals surface area contributed by atoms with Gasteiger partial charge in [0.15, 0.2) is 0 Å². The van der Waals surface area contributed by atoms with Crippen LogP contribution in [0.2, 0.25) is 0 Å². The van der Waals surface area contributed by atoms with Crippen molar-refractivity contribution in [3.63, 3.8) is 0 Å². The summed E-state index contributed by atoms with van der Waals surface area (Å²) in [5.41, 5.74) is 5.69. The van der Waals surface area contributed by atoms with Crippen molar-refractivity contribution in [1.82, 2.24) is 4.31 Å². The average molecular weight is 335 g/mol. The molecule has 0 radical (unpaired) electrons. The third-order valence-corrected chi connectivity index (χ3v) is 4.68. The number of rotatable bonds is 6. The van der Waals surface area contributed by atoms with Crippen molar-refractivity contribution in [3.05, 3.63) is 34.3 Å². The van der Waals surface area contributed by atoms with Gasteiger partial charge in [-0.15, -0.1) is 0 Å². The number of amides is 1. The smallest absolute Gasteiger partial charge is 0.232 e. The molecule has 18 heavy (non-hydrogen) atoms. The van der Waals surface area contributed by atoms with Crippen LogP contribution in [0.1, 0.15) is 12.5 Å². The van der Waals surface area contributed by atoms with E-state index in [2.05, 4.69) is 15.9 Å². The van der Waals surface area contributed by atoms with E-state index in [1.807, 2.05) is 6.07 Å². The number of likely N-dealkylation sites (N-methyl/N-ethyl adjacent to an activating group) is 1. The van der Waals surface area contributed by atoms with Gasteiger partial charge in [0.1, 0.15) is 0 Å². The Labute approximate surface area is 115 Å². The van der Waals surface area contributed by atoms with Crippen LogP contribution in [-0.4, -0.2) is 31.7 Å². The van der Waals surface area contributed by atoms with Gasteiger partial charge in [0.25, 0.3) is 0 Å². The molecule has 0 fully saturated rings. The molecule has 5 nitrogen and oxygen atoms in total. The number of nitrogens with two attached hydrogens (primary N) is 1. The molecule has 0 saturated carbocycles. The lowest BCUT2D eigenvalue weighted by atomic mass is 10.2. The lowest BCUT2D eigenvalue weighted by Gasteiger charge is -2.18. The maximum Gasteiger partial charge on any atom is 0.232 e. The van der Waals surface area contributed by atoms with E-state index in [0.717, 1.165) is 8.78 Å². The summed E-state index contributed by atoms with van der Waals surface area (Å²) in [6.45, 7) is 1.60. The van der Waals surface area contributed by atoms with Crippen molar-refractivity contribution in [2.75, 3.05) is 13.1 Å². The molecule has 7 heteroatoms. The summed E-state index contributed by atoms with van der Waals surface area (Å²) in [5.74, 6) is -0.803. The minimum absolute atomic E-state index is 0.145. The van der Waals surface area contributed by atoms with Crippen LogP contribution in [0.15, 0.2) is 28.7 Å². The SMILES string of the molecule is CCN(CC(N)=O)S(=O)(=O)Cc1cccc(Br)c1. The molecule has 0 unspecified atom stereocenters. The molecule has 1 rings (SSSR count). The molecule has 1 aromatic rings. The van der Waals surface area contributed by atoms with Crippen LogP contribution in [0, 0.1) is 0 Å². The standard InChI is InChI=1S/C11H15BrN2O3S/c1-2-14(7-11(13)15)18(16,17)8-9-4-3-5-10(12)6-9/h3-6H,2,7-8H2,1H3,(H2,13,15). The Balaban J connectivity index is 2.89. The van der Waals surface area contributed by atoms with Crippen LogP contribution >= 0.6 is 15.9 Å². The van der Waals surface area contributed by atoms with Crippen LogP contribution in [0.5, 0.6) is 0 Å². The molecule has 0 bridgehead atoms. The number of hydrogen-bond donors (Lipinski definition) is 1. The maximum atomic E-state index is 12.1. The molecule has 0 saturated heterocycles. The molecular formula is C11H15BrN2O3S. The summed E-state index contributed by atoms with van der Waals surface area (Å²) < 4.78 is 26.1. The largest absolute Gasteiger partial charge is 0.369 e. The molecule has 0 aliphatic carbocycles. The van der Waals surface area contributed by atoms with Gasteiger partial charge in [0.05, 0.1) is 12.3 Å². The second-order valence-corrected chi connectivity index (χ2v) is 6.66. The number of carbonyl (C=O) groups is 1. The minimum atomic E-state index is -3.53. The fourth-order valence-electron chi connectivity index (χ4n) is 1.51. The summed E-state index contributed by atoms with van der Waals surface area (Å²) in [6.07, 6.45) is 0.